The van der Waals surface area contributed by atoms with E-state index in [0.29, 0.717) is 18.2 Å². The minimum Gasteiger partial charge on any atom is -0.389 e. The zero-order valence-corrected chi connectivity index (χ0v) is 13.1. The summed E-state index contributed by atoms with van der Waals surface area (Å²) < 4.78 is 22.2. The van der Waals surface area contributed by atoms with Crippen LogP contribution in [-0.4, -0.2) is 20.9 Å². The number of nitrogens with one attached hydrogen (secondary N) is 2. The summed E-state index contributed by atoms with van der Waals surface area (Å²) in [6.45, 7) is 4.64. The highest BCUT2D eigenvalue weighted by Crippen LogP contribution is 2.13. The quantitative estimate of drug-likeness (QED) is 0.530. The molecular weight excluding hydrogens is 304 g/mol. The largest absolute Gasteiger partial charge is 0.389 e. The van der Waals surface area contributed by atoms with Gasteiger partial charge in [0.2, 0.25) is 10.0 Å². The smallest absolute Gasteiger partial charge is 0.267 e. The Morgan fingerprint density at radius 1 is 1.36 bits per heavy atom. The number of carbonyl (C=O) groups excluding carboxylic acids is 1. The van der Waals surface area contributed by atoms with Crippen molar-refractivity contribution in [2.24, 2.45) is 11.1 Å². The lowest BCUT2D eigenvalue weighted by atomic mass is 10.2. The molecule has 7 nitrogen and oxygen atoms in total. The van der Waals surface area contributed by atoms with Gasteiger partial charge in [-0.25, -0.2) is 13.6 Å². The number of hydrogen-bond acceptors (Lipinski definition) is 5. The van der Waals surface area contributed by atoms with Crippen molar-refractivity contribution in [2.75, 3.05) is 11.9 Å². The minimum atomic E-state index is -3.78. The number of nitrogens with two attached hydrogens (primary N) is 1. The van der Waals surface area contributed by atoms with Crippen LogP contribution in [0.25, 0.3) is 0 Å². The topological polar surface area (TPSA) is 125 Å². The molecule has 0 saturated carbocycles. The van der Waals surface area contributed by atoms with Crippen LogP contribution in [0.15, 0.2) is 40.9 Å². The van der Waals surface area contributed by atoms with Crippen molar-refractivity contribution in [1.82, 2.24) is 5.32 Å². The van der Waals surface area contributed by atoms with Gasteiger partial charge in [-0.3, -0.25) is 4.79 Å². The number of anilines is 1. The predicted molar refractivity (Wildman–Crippen MR) is 83.0 cm³/mol. The predicted octanol–water partition coefficient (Wildman–Crippen LogP) is 0.926. The first-order valence-corrected chi connectivity index (χ1v) is 8.06. The number of sulfonamides is 1. The maximum Gasteiger partial charge on any atom is 0.267 e. The van der Waals surface area contributed by atoms with E-state index in [1.807, 2.05) is 13.8 Å². The molecule has 0 saturated heterocycles. The molecular formula is C14H18N4O3S. The van der Waals surface area contributed by atoms with Crippen molar-refractivity contribution in [3.8, 4) is 6.07 Å². The zero-order chi connectivity index (χ0) is 16.8. The minimum absolute atomic E-state index is 0.0554. The molecule has 0 heterocycles. The Balaban J connectivity index is 2.77. The fourth-order valence-electron chi connectivity index (χ4n) is 1.47. The molecule has 0 unspecified atom stereocenters. The second-order valence-electron chi connectivity index (χ2n) is 5.00. The molecule has 8 heteroatoms. The molecule has 0 bridgehead atoms. The maximum absolute atomic E-state index is 11.9. The average molecular weight is 322 g/mol. The van der Waals surface area contributed by atoms with Crippen LogP contribution in [0.5, 0.6) is 0 Å². The van der Waals surface area contributed by atoms with Gasteiger partial charge in [-0.1, -0.05) is 13.8 Å². The second kappa shape index (κ2) is 7.59. The van der Waals surface area contributed by atoms with Gasteiger partial charge in [0.1, 0.15) is 11.6 Å². The van der Waals surface area contributed by atoms with Crippen LogP contribution in [0.3, 0.4) is 0 Å². The van der Waals surface area contributed by atoms with Crippen molar-refractivity contribution < 1.29 is 13.2 Å². The van der Waals surface area contributed by atoms with Crippen molar-refractivity contribution in [2.45, 2.75) is 18.7 Å². The molecule has 1 rings (SSSR count). The van der Waals surface area contributed by atoms with Crippen molar-refractivity contribution in [3.05, 3.63) is 36.0 Å². The number of primary sulfonamides is 1. The molecule has 1 aromatic carbocycles. The number of nitriles is 1. The summed E-state index contributed by atoms with van der Waals surface area (Å²) in [7, 11) is -3.78. The van der Waals surface area contributed by atoms with E-state index in [1.165, 1.54) is 30.5 Å². The van der Waals surface area contributed by atoms with Gasteiger partial charge in [0.05, 0.1) is 4.90 Å². The van der Waals surface area contributed by atoms with Gasteiger partial charge in [-0.05, 0) is 30.2 Å². The number of carbonyl (C=O) groups is 1. The summed E-state index contributed by atoms with van der Waals surface area (Å²) in [5, 5.41) is 19.4. The molecule has 0 spiro atoms. The van der Waals surface area contributed by atoms with E-state index in [1.54, 1.807) is 6.07 Å². The number of benzene rings is 1. The van der Waals surface area contributed by atoms with Crippen LogP contribution in [0.4, 0.5) is 5.69 Å². The number of rotatable bonds is 6. The first kappa shape index (κ1) is 17.7. The van der Waals surface area contributed by atoms with Gasteiger partial charge in [0.25, 0.3) is 5.91 Å². The molecule has 0 atom stereocenters. The average Bonchev–Trinajstić information content (AvgIpc) is 2.42. The highest BCUT2D eigenvalue weighted by molar-refractivity contribution is 7.89. The summed E-state index contributed by atoms with van der Waals surface area (Å²) in [6.07, 6.45) is 1.36. The highest BCUT2D eigenvalue weighted by Gasteiger charge is 2.11. The molecule has 0 aliphatic heterocycles. The molecule has 0 fully saturated rings. The van der Waals surface area contributed by atoms with E-state index in [4.69, 9.17) is 10.4 Å². The summed E-state index contributed by atoms with van der Waals surface area (Å²) in [5.41, 5.74) is 0.290. The van der Waals surface area contributed by atoms with Crippen molar-refractivity contribution in [1.29, 1.82) is 5.26 Å². The normalized spacial score (nSPS) is 11.9. The van der Waals surface area contributed by atoms with Crippen LogP contribution in [0.1, 0.15) is 13.8 Å². The number of hydrogen-bond donors (Lipinski definition) is 3. The Morgan fingerprint density at radius 3 is 2.41 bits per heavy atom. The summed E-state index contributed by atoms with van der Waals surface area (Å²) >= 11 is 0. The summed E-state index contributed by atoms with van der Waals surface area (Å²) in [6, 6.07) is 7.15. The Hall–Kier alpha value is -2.37. The third-order valence-corrected chi connectivity index (χ3v) is 3.51. The van der Waals surface area contributed by atoms with Crippen LogP contribution >= 0.6 is 0 Å². The lowest BCUT2D eigenvalue weighted by molar-refractivity contribution is -0.112. The fraction of sp³-hybridized carbons (Fsp3) is 0.286. The van der Waals surface area contributed by atoms with Crippen molar-refractivity contribution in [3.63, 3.8) is 0 Å². The van der Waals surface area contributed by atoms with E-state index in [2.05, 4.69) is 10.6 Å². The van der Waals surface area contributed by atoms with Crippen LogP contribution in [-0.2, 0) is 14.8 Å². The Morgan fingerprint density at radius 2 is 1.95 bits per heavy atom. The molecule has 0 aromatic heterocycles. The number of amides is 1. The lowest BCUT2D eigenvalue weighted by Gasteiger charge is -2.07. The summed E-state index contributed by atoms with van der Waals surface area (Å²) in [5.74, 6) is -0.202. The molecule has 0 radical (unpaired) electrons. The maximum atomic E-state index is 11.9. The molecule has 1 amide bonds. The third kappa shape index (κ3) is 5.55. The first-order valence-electron chi connectivity index (χ1n) is 6.52. The fourth-order valence-corrected chi connectivity index (χ4v) is 1.99. The Labute approximate surface area is 129 Å². The van der Waals surface area contributed by atoms with E-state index in [9.17, 15) is 13.2 Å². The SMILES string of the molecule is CC(C)CN/C=C(/C#N)C(=O)Nc1ccc(S(N)(=O)=O)cc1. The molecule has 0 aliphatic carbocycles. The Kier molecular flexibility index (Phi) is 6.10. The number of nitrogens with zero attached hydrogens (tertiary/aromatic N) is 1. The molecule has 1 aromatic rings. The molecule has 118 valence electrons. The van der Waals surface area contributed by atoms with Crippen molar-refractivity contribution >= 4 is 21.6 Å². The monoisotopic (exact) mass is 322 g/mol. The van der Waals surface area contributed by atoms with Crippen LogP contribution in [0, 0.1) is 17.2 Å². The van der Waals surface area contributed by atoms with Gasteiger partial charge in [0.15, 0.2) is 0 Å². The molecule has 4 N–H and O–H groups in total. The van der Waals surface area contributed by atoms with Gasteiger partial charge in [0, 0.05) is 18.4 Å². The van der Waals surface area contributed by atoms with E-state index in [-0.39, 0.29) is 10.5 Å². The second-order valence-corrected chi connectivity index (χ2v) is 6.56. The Bertz CT molecular complexity index is 701. The third-order valence-electron chi connectivity index (χ3n) is 2.58. The zero-order valence-electron chi connectivity index (χ0n) is 12.3. The van der Waals surface area contributed by atoms with Crippen LogP contribution < -0.4 is 15.8 Å². The molecule has 22 heavy (non-hydrogen) atoms. The van der Waals surface area contributed by atoms with E-state index < -0.39 is 15.9 Å². The standard InChI is InChI=1S/C14H18N4O3S/c1-10(2)8-17-9-11(7-15)14(19)18-12-3-5-13(6-4-12)22(16,20)21/h3-6,9-10,17H,8H2,1-2H3,(H,18,19)(H2,16,20,21)/b11-9-. The lowest BCUT2D eigenvalue weighted by Crippen LogP contribution is -2.19. The van der Waals surface area contributed by atoms with E-state index >= 15 is 0 Å². The van der Waals surface area contributed by atoms with Gasteiger partial charge in [-0.15, -0.1) is 0 Å². The van der Waals surface area contributed by atoms with Gasteiger partial charge >= 0.3 is 0 Å². The van der Waals surface area contributed by atoms with Crippen LogP contribution in [0.2, 0.25) is 0 Å². The first-order chi connectivity index (χ1) is 10.2. The van der Waals surface area contributed by atoms with E-state index in [0.717, 1.165) is 0 Å². The summed E-state index contributed by atoms with van der Waals surface area (Å²) in [4.78, 5) is 11.9. The molecule has 0 aliphatic rings. The highest BCUT2D eigenvalue weighted by atomic mass is 32.2. The van der Waals surface area contributed by atoms with Gasteiger partial charge in [-0.2, -0.15) is 5.26 Å². The van der Waals surface area contributed by atoms with Gasteiger partial charge < -0.3 is 10.6 Å².